The van der Waals surface area contributed by atoms with E-state index in [4.69, 9.17) is 4.74 Å². The molecule has 88 valence electrons. The highest BCUT2D eigenvalue weighted by Crippen LogP contribution is 2.25. The van der Waals surface area contributed by atoms with Crippen LogP contribution < -0.4 is 5.32 Å². The van der Waals surface area contributed by atoms with Crippen LogP contribution in [-0.4, -0.2) is 23.2 Å². The molecule has 3 nitrogen and oxygen atoms in total. The molecule has 1 aliphatic rings. The lowest BCUT2D eigenvalue weighted by atomic mass is 9.94. The second-order valence-electron chi connectivity index (χ2n) is 4.80. The summed E-state index contributed by atoms with van der Waals surface area (Å²) in [6.07, 6.45) is 3.13. The Bertz CT molecular complexity index is 351. The zero-order chi connectivity index (χ0) is 11.6. The van der Waals surface area contributed by atoms with Gasteiger partial charge < -0.3 is 10.1 Å². The Morgan fingerprint density at radius 1 is 1.50 bits per heavy atom. The summed E-state index contributed by atoms with van der Waals surface area (Å²) < 4.78 is 18.3. The van der Waals surface area contributed by atoms with E-state index in [1.165, 1.54) is 12.3 Å². The van der Waals surface area contributed by atoms with Crippen LogP contribution in [0.2, 0.25) is 0 Å². The standard InChI is InChI=1S/C12H17FN2O/c1-12(2)7-10(5-6-16-12)15-11-4-3-9(13)8-14-11/h3-4,8,10H,5-7H2,1-2H3,(H,14,15). The van der Waals surface area contributed by atoms with E-state index < -0.39 is 0 Å². The lowest BCUT2D eigenvalue weighted by Gasteiger charge is -2.36. The van der Waals surface area contributed by atoms with Gasteiger partial charge in [0.05, 0.1) is 11.8 Å². The Kier molecular flexibility index (Phi) is 3.10. The van der Waals surface area contributed by atoms with Crippen molar-refractivity contribution in [1.82, 2.24) is 4.98 Å². The van der Waals surface area contributed by atoms with Crippen LogP contribution in [0.25, 0.3) is 0 Å². The van der Waals surface area contributed by atoms with Crippen molar-refractivity contribution in [2.24, 2.45) is 0 Å². The first-order valence-electron chi connectivity index (χ1n) is 5.57. The number of hydrogen-bond acceptors (Lipinski definition) is 3. The molecule has 0 spiro atoms. The Morgan fingerprint density at radius 2 is 2.31 bits per heavy atom. The average molecular weight is 224 g/mol. The number of ether oxygens (including phenoxy) is 1. The number of nitrogens with zero attached hydrogens (tertiary/aromatic N) is 1. The molecule has 0 bridgehead atoms. The van der Waals surface area contributed by atoms with Crippen molar-refractivity contribution in [3.63, 3.8) is 0 Å². The highest BCUT2D eigenvalue weighted by atomic mass is 19.1. The summed E-state index contributed by atoms with van der Waals surface area (Å²) in [6.45, 7) is 4.92. The summed E-state index contributed by atoms with van der Waals surface area (Å²) in [6, 6.07) is 3.43. The molecular formula is C12H17FN2O. The van der Waals surface area contributed by atoms with Crippen LogP contribution >= 0.6 is 0 Å². The summed E-state index contributed by atoms with van der Waals surface area (Å²) in [5.74, 6) is 0.418. The van der Waals surface area contributed by atoms with Gasteiger partial charge in [-0.15, -0.1) is 0 Å². The summed E-state index contributed by atoms with van der Waals surface area (Å²) >= 11 is 0. The van der Waals surface area contributed by atoms with Crippen LogP contribution in [-0.2, 0) is 4.74 Å². The second kappa shape index (κ2) is 4.37. The SMILES string of the molecule is CC1(C)CC(Nc2ccc(F)cn2)CCO1. The number of anilines is 1. The van der Waals surface area contributed by atoms with E-state index in [0.717, 1.165) is 25.3 Å². The Morgan fingerprint density at radius 3 is 2.94 bits per heavy atom. The van der Waals surface area contributed by atoms with E-state index in [1.54, 1.807) is 6.07 Å². The molecule has 16 heavy (non-hydrogen) atoms. The fourth-order valence-electron chi connectivity index (χ4n) is 2.03. The molecule has 1 aromatic heterocycles. The molecule has 4 heteroatoms. The third-order valence-corrected chi connectivity index (χ3v) is 2.78. The predicted molar refractivity (Wildman–Crippen MR) is 60.9 cm³/mol. The smallest absolute Gasteiger partial charge is 0.141 e. The molecule has 1 N–H and O–H groups in total. The zero-order valence-electron chi connectivity index (χ0n) is 9.66. The molecule has 1 aromatic rings. The summed E-state index contributed by atoms with van der Waals surface area (Å²) in [5.41, 5.74) is -0.0874. The lowest BCUT2D eigenvalue weighted by Crippen LogP contribution is -2.40. The maximum absolute atomic E-state index is 12.7. The molecule has 1 unspecified atom stereocenters. The Hall–Kier alpha value is -1.16. The molecular weight excluding hydrogens is 207 g/mol. The van der Waals surface area contributed by atoms with Crippen LogP contribution in [0.5, 0.6) is 0 Å². The number of nitrogens with one attached hydrogen (secondary N) is 1. The molecule has 0 amide bonds. The second-order valence-corrected chi connectivity index (χ2v) is 4.80. The van der Waals surface area contributed by atoms with Gasteiger partial charge in [-0.3, -0.25) is 0 Å². The molecule has 1 aliphatic heterocycles. The average Bonchev–Trinajstić information content (AvgIpc) is 2.20. The fraction of sp³-hybridized carbons (Fsp3) is 0.583. The Labute approximate surface area is 95.0 Å². The molecule has 0 saturated carbocycles. The van der Waals surface area contributed by atoms with E-state index in [2.05, 4.69) is 24.1 Å². The van der Waals surface area contributed by atoms with Crippen molar-refractivity contribution in [3.05, 3.63) is 24.1 Å². The first-order chi connectivity index (χ1) is 7.55. The first kappa shape index (κ1) is 11.3. The zero-order valence-corrected chi connectivity index (χ0v) is 9.66. The summed E-state index contributed by atoms with van der Waals surface area (Å²) in [7, 11) is 0. The number of rotatable bonds is 2. The minimum Gasteiger partial charge on any atom is -0.375 e. The van der Waals surface area contributed by atoms with Crippen LogP contribution in [0.3, 0.4) is 0 Å². The van der Waals surface area contributed by atoms with Crippen LogP contribution in [0.4, 0.5) is 10.2 Å². The van der Waals surface area contributed by atoms with Gasteiger partial charge in [-0.25, -0.2) is 9.37 Å². The fourth-order valence-corrected chi connectivity index (χ4v) is 2.03. The van der Waals surface area contributed by atoms with Gasteiger partial charge in [0, 0.05) is 12.6 Å². The van der Waals surface area contributed by atoms with E-state index in [1.807, 2.05) is 0 Å². The largest absolute Gasteiger partial charge is 0.375 e. The van der Waals surface area contributed by atoms with E-state index in [9.17, 15) is 4.39 Å². The van der Waals surface area contributed by atoms with Gasteiger partial charge >= 0.3 is 0 Å². The molecule has 1 atom stereocenters. The molecule has 0 aromatic carbocycles. The van der Waals surface area contributed by atoms with Gasteiger partial charge in [-0.05, 0) is 38.8 Å². The molecule has 1 saturated heterocycles. The summed E-state index contributed by atoms with van der Waals surface area (Å²) in [4.78, 5) is 3.99. The number of aromatic nitrogens is 1. The van der Waals surface area contributed by atoms with Crippen molar-refractivity contribution < 1.29 is 9.13 Å². The highest BCUT2D eigenvalue weighted by molar-refractivity contribution is 5.35. The Balaban J connectivity index is 1.97. The maximum Gasteiger partial charge on any atom is 0.141 e. The number of hydrogen-bond donors (Lipinski definition) is 1. The highest BCUT2D eigenvalue weighted by Gasteiger charge is 2.28. The van der Waals surface area contributed by atoms with Crippen LogP contribution in [0.1, 0.15) is 26.7 Å². The number of halogens is 1. The van der Waals surface area contributed by atoms with Crippen molar-refractivity contribution in [1.29, 1.82) is 0 Å². The van der Waals surface area contributed by atoms with Crippen molar-refractivity contribution in [3.8, 4) is 0 Å². The van der Waals surface area contributed by atoms with Gasteiger partial charge in [-0.1, -0.05) is 0 Å². The minimum atomic E-state index is -0.308. The molecule has 2 rings (SSSR count). The van der Waals surface area contributed by atoms with Gasteiger partial charge in [0.15, 0.2) is 0 Å². The quantitative estimate of drug-likeness (QED) is 0.838. The topological polar surface area (TPSA) is 34.2 Å². The van der Waals surface area contributed by atoms with Crippen molar-refractivity contribution in [2.75, 3.05) is 11.9 Å². The molecule has 0 radical (unpaired) electrons. The normalized spacial score (nSPS) is 24.1. The van der Waals surface area contributed by atoms with Gasteiger partial charge in [0.2, 0.25) is 0 Å². The minimum absolute atomic E-state index is 0.0874. The molecule has 0 aliphatic carbocycles. The third-order valence-electron chi connectivity index (χ3n) is 2.78. The van der Waals surface area contributed by atoms with E-state index in [0.29, 0.717) is 6.04 Å². The summed E-state index contributed by atoms with van der Waals surface area (Å²) in [5, 5.41) is 3.31. The lowest BCUT2D eigenvalue weighted by molar-refractivity contribution is -0.0553. The van der Waals surface area contributed by atoms with Gasteiger partial charge in [0.25, 0.3) is 0 Å². The van der Waals surface area contributed by atoms with Crippen molar-refractivity contribution >= 4 is 5.82 Å². The van der Waals surface area contributed by atoms with Gasteiger partial charge in [0.1, 0.15) is 11.6 Å². The molecule has 1 fully saturated rings. The first-order valence-corrected chi connectivity index (χ1v) is 5.57. The monoisotopic (exact) mass is 224 g/mol. The van der Waals surface area contributed by atoms with Gasteiger partial charge in [-0.2, -0.15) is 0 Å². The molecule has 2 heterocycles. The number of pyridine rings is 1. The van der Waals surface area contributed by atoms with E-state index >= 15 is 0 Å². The maximum atomic E-state index is 12.7. The third kappa shape index (κ3) is 2.92. The predicted octanol–water partition coefficient (Wildman–Crippen LogP) is 2.59. The van der Waals surface area contributed by atoms with Crippen LogP contribution in [0.15, 0.2) is 18.3 Å². The van der Waals surface area contributed by atoms with E-state index in [-0.39, 0.29) is 11.4 Å². The van der Waals surface area contributed by atoms with Crippen molar-refractivity contribution in [2.45, 2.75) is 38.3 Å². The van der Waals surface area contributed by atoms with Crippen LogP contribution in [0, 0.1) is 5.82 Å².